The Kier molecular flexibility index (Phi) is 5.21. The van der Waals surface area contributed by atoms with Crippen LogP contribution in [0.3, 0.4) is 0 Å². The fraction of sp³-hybridized carbons (Fsp3) is 0.625. The zero-order chi connectivity index (χ0) is 14.6. The van der Waals surface area contributed by atoms with E-state index in [1.165, 1.54) is 5.57 Å². The first kappa shape index (κ1) is 15.8. The summed E-state index contributed by atoms with van der Waals surface area (Å²) in [6.45, 7) is 13.8. The number of nitrogens with zero attached hydrogens (tertiary/aromatic N) is 1. The average Bonchev–Trinajstić information content (AvgIpc) is 2.32. The normalized spacial score (nSPS) is 16.2. The zero-order valence-electron chi connectivity index (χ0n) is 13.0. The van der Waals surface area contributed by atoms with Crippen molar-refractivity contribution in [2.75, 3.05) is 13.1 Å². The van der Waals surface area contributed by atoms with Gasteiger partial charge in [-0.1, -0.05) is 32.4 Å². The van der Waals surface area contributed by atoms with E-state index in [4.69, 9.17) is 4.74 Å². The Balaban J connectivity index is 2.81. The molecule has 0 atom stereocenters. The van der Waals surface area contributed by atoms with Crippen LogP contribution in [0, 0.1) is 11.8 Å². The molecule has 1 amide bonds. The summed E-state index contributed by atoms with van der Waals surface area (Å²) in [6.07, 6.45) is 4.74. The summed E-state index contributed by atoms with van der Waals surface area (Å²) in [5, 5.41) is 0. The molecule has 19 heavy (non-hydrogen) atoms. The molecule has 1 rings (SSSR count). The minimum absolute atomic E-state index is 0.159. The minimum Gasteiger partial charge on any atom is -0.414 e. The van der Waals surface area contributed by atoms with Crippen LogP contribution in [0.1, 0.15) is 48.0 Å². The number of hydrogen-bond donors (Lipinski definition) is 0. The Hall–Kier alpha value is -1.25. The van der Waals surface area contributed by atoms with E-state index >= 15 is 0 Å². The molecule has 3 heteroatoms. The largest absolute Gasteiger partial charge is 0.414 e. The van der Waals surface area contributed by atoms with Gasteiger partial charge in [-0.3, -0.25) is 0 Å². The number of hydrogen-bond acceptors (Lipinski definition) is 2. The van der Waals surface area contributed by atoms with Crippen molar-refractivity contribution in [2.45, 2.75) is 48.0 Å². The van der Waals surface area contributed by atoms with E-state index in [-0.39, 0.29) is 11.5 Å². The van der Waals surface area contributed by atoms with Crippen LogP contribution in [0.4, 0.5) is 4.79 Å². The molecule has 0 spiro atoms. The Labute approximate surface area is 117 Å². The molecule has 0 aromatic carbocycles. The molecule has 0 fully saturated rings. The maximum atomic E-state index is 11.9. The highest BCUT2D eigenvalue weighted by Crippen LogP contribution is 2.35. The van der Waals surface area contributed by atoms with Crippen LogP contribution in [0.15, 0.2) is 23.0 Å². The van der Waals surface area contributed by atoms with Gasteiger partial charge in [-0.25, -0.2) is 4.79 Å². The highest BCUT2D eigenvalue weighted by molar-refractivity contribution is 5.69. The Morgan fingerprint density at radius 2 is 1.89 bits per heavy atom. The van der Waals surface area contributed by atoms with Crippen molar-refractivity contribution < 1.29 is 9.53 Å². The Morgan fingerprint density at radius 1 is 1.32 bits per heavy atom. The summed E-state index contributed by atoms with van der Waals surface area (Å²) >= 11 is 0. The standard InChI is InChI=1S/C16H26NO2/c1-7-17(8-2)15(18)19-14-10-9-13(11-12(14)3)16(4,5)6/h10-11H,7-9H2,1-6H3. The maximum absolute atomic E-state index is 11.9. The van der Waals surface area contributed by atoms with E-state index in [1.807, 2.05) is 27.2 Å². The van der Waals surface area contributed by atoms with Crippen molar-refractivity contribution in [3.63, 3.8) is 0 Å². The van der Waals surface area contributed by atoms with Crippen molar-refractivity contribution in [3.05, 3.63) is 29.4 Å². The molecule has 0 heterocycles. The smallest absolute Gasteiger partial charge is 0.414 e. The quantitative estimate of drug-likeness (QED) is 0.759. The van der Waals surface area contributed by atoms with Crippen LogP contribution in [0.25, 0.3) is 0 Å². The molecule has 0 aliphatic heterocycles. The van der Waals surface area contributed by atoms with Gasteiger partial charge in [0.05, 0.1) is 0 Å². The first-order valence-electron chi connectivity index (χ1n) is 7.01. The molecule has 107 valence electrons. The second kappa shape index (κ2) is 6.27. The first-order chi connectivity index (χ1) is 8.79. The van der Waals surface area contributed by atoms with Crippen LogP contribution in [0.2, 0.25) is 0 Å². The van der Waals surface area contributed by atoms with Gasteiger partial charge >= 0.3 is 6.09 Å². The van der Waals surface area contributed by atoms with Crippen LogP contribution in [-0.4, -0.2) is 24.1 Å². The molecular weight excluding hydrogens is 238 g/mol. The lowest BCUT2D eigenvalue weighted by molar-refractivity contribution is 0.133. The summed E-state index contributed by atoms with van der Waals surface area (Å²) in [4.78, 5) is 13.6. The van der Waals surface area contributed by atoms with Gasteiger partial charge in [0.1, 0.15) is 5.76 Å². The Morgan fingerprint density at radius 3 is 2.32 bits per heavy atom. The van der Waals surface area contributed by atoms with Gasteiger partial charge < -0.3 is 9.64 Å². The SMILES string of the molecule is CCN(CC)C(=O)OC1=C(C)C=C(C(C)(C)C)C[CH]1. The van der Waals surface area contributed by atoms with E-state index in [2.05, 4.69) is 26.8 Å². The van der Waals surface area contributed by atoms with Gasteiger partial charge in [-0.15, -0.1) is 0 Å². The van der Waals surface area contributed by atoms with Gasteiger partial charge in [0.25, 0.3) is 0 Å². The van der Waals surface area contributed by atoms with Gasteiger partial charge in [-0.2, -0.15) is 0 Å². The summed E-state index contributed by atoms with van der Waals surface area (Å²) in [5.74, 6) is 0.699. The van der Waals surface area contributed by atoms with Gasteiger partial charge in [0, 0.05) is 19.5 Å². The molecule has 0 unspecified atom stereocenters. The monoisotopic (exact) mass is 264 g/mol. The third-order valence-electron chi connectivity index (χ3n) is 3.47. The van der Waals surface area contributed by atoms with E-state index in [9.17, 15) is 4.79 Å². The number of rotatable bonds is 3. The molecule has 0 saturated carbocycles. The third-order valence-corrected chi connectivity index (χ3v) is 3.47. The van der Waals surface area contributed by atoms with E-state index < -0.39 is 0 Å². The van der Waals surface area contributed by atoms with Crippen LogP contribution >= 0.6 is 0 Å². The lowest BCUT2D eigenvalue weighted by Gasteiger charge is -2.28. The molecule has 1 radical (unpaired) electrons. The zero-order valence-corrected chi connectivity index (χ0v) is 13.0. The van der Waals surface area contributed by atoms with Gasteiger partial charge in [-0.05, 0) is 38.2 Å². The third kappa shape index (κ3) is 4.12. The summed E-state index contributed by atoms with van der Waals surface area (Å²) < 4.78 is 5.47. The fourth-order valence-corrected chi connectivity index (χ4v) is 2.04. The van der Waals surface area contributed by atoms with Gasteiger partial charge in [0.2, 0.25) is 0 Å². The summed E-state index contributed by atoms with van der Waals surface area (Å²) in [7, 11) is 0. The second-order valence-electron chi connectivity index (χ2n) is 5.92. The van der Waals surface area contributed by atoms with Crippen molar-refractivity contribution in [1.82, 2.24) is 4.90 Å². The topological polar surface area (TPSA) is 29.5 Å². The molecule has 1 aliphatic rings. The van der Waals surface area contributed by atoms with Crippen LogP contribution in [0.5, 0.6) is 0 Å². The second-order valence-corrected chi connectivity index (χ2v) is 5.92. The molecule has 0 aromatic rings. The average molecular weight is 264 g/mol. The Bertz CT molecular complexity index is 395. The lowest BCUT2D eigenvalue weighted by atomic mass is 9.80. The van der Waals surface area contributed by atoms with Crippen LogP contribution in [-0.2, 0) is 4.74 Å². The van der Waals surface area contributed by atoms with E-state index in [0.29, 0.717) is 18.8 Å². The van der Waals surface area contributed by atoms with E-state index in [1.54, 1.807) is 4.90 Å². The molecule has 0 saturated heterocycles. The molecule has 1 aliphatic carbocycles. The van der Waals surface area contributed by atoms with Crippen molar-refractivity contribution >= 4 is 6.09 Å². The minimum atomic E-state index is -0.261. The maximum Gasteiger partial charge on any atom is 0.414 e. The summed E-state index contributed by atoms with van der Waals surface area (Å²) in [6, 6.07) is 0. The number of allylic oxidation sites excluding steroid dienone is 4. The fourth-order valence-electron chi connectivity index (χ4n) is 2.04. The van der Waals surface area contributed by atoms with E-state index in [0.717, 1.165) is 12.0 Å². The van der Waals surface area contributed by atoms with Gasteiger partial charge in [0.15, 0.2) is 0 Å². The molecule has 0 bridgehead atoms. The number of carbonyl (C=O) groups is 1. The van der Waals surface area contributed by atoms with Crippen molar-refractivity contribution in [2.24, 2.45) is 5.41 Å². The highest BCUT2D eigenvalue weighted by Gasteiger charge is 2.23. The summed E-state index contributed by atoms with van der Waals surface area (Å²) in [5.41, 5.74) is 2.55. The predicted molar refractivity (Wildman–Crippen MR) is 78.6 cm³/mol. The van der Waals surface area contributed by atoms with Crippen molar-refractivity contribution in [1.29, 1.82) is 0 Å². The predicted octanol–water partition coefficient (Wildman–Crippen LogP) is 4.32. The molecule has 3 nitrogen and oxygen atoms in total. The van der Waals surface area contributed by atoms with Crippen LogP contribution < -0.4 is 0 Å². The number of ether oxygens (including phenoxy) is 1. The molecular formula is C16H26NO2. The molecule has 0 aromatic heterocycles. The lowest BCUT2D eigenvalue weighted by Crippen LogP contribution is -2.31. The molecule has 0 N–H and O–H groups in total. The van der Waals surface area contributed by atoms with Crippen molar-refractivity contribution in [3.8, 4) is 0 Å². The highest BCUT2D eigenvalue weighted by atomic mass is 16.6. The first-order valence-corrected chi connectivity index (χ1v) is 7.01. The number of amides is 1. The number of carbonyl (C=O) groups excluding carboxylic acids is 1.